The van der Waals surface area contributed by atoms with Crippen LogP contribution >= 0.6 is 0 Å². The molecule has 0 unspecified atom stereocenters. The van der Waals surface area contributed by atoms with Crippen LogP contribution in [0.3, 0.4) is 0 Å². The van der Waals surface area contributed by atoms with Crippen LogP contribution in [0.1, 0.15) is 5.56 Å². The smallest absolute Gasteiger partial charge is 0.246 e. The molecule has 9 heteroatoms. The molecule has 4 rings (SSSR count). The summed E-state index contributed by atoms with van der Waals surface area (Å²) in [7, 11) is 0. The van der Waals surface area contributed by atoms with Crippen LogP contribution in [0, 0.1) is 11.6 Å². The van der Waals surface area contributed by atoms with E-state index in [1.807, 2.05) is 6.07 Å². The van der Waals surface area contributed by atoms with Crippen molar-refractivity contribution in [3.63, 3.8) is 0 Å². The molecule has 1 aromatic carbocycles. The van der Waals surface area contributed by atoms with Crippen molar-refractivity contribution in [3.8, 4) is 0 Å². The highest BCUT2D eigenvalue weighted by molar-refractivity contribution is 5.92. The number of ether oxygens (including phenoxy) is 1. The molecule has 2 saturated heterocycles. The molecule has 1 amide bonds. The molecule has 0 radical (unpaired) electrons. The molecule has 2 aliphatic heterocycles. The van der Waals surface area contributed by atoms with Gasteiger partial charge in [0.2, 0.25) is 5.91 Å². The first-order valence-electron chi connectivity index (χ1n) is 9.92. The average molecular weight is 415 g/mol. The van der Waals surface area contributed by atoms with Gasteiger partial charge >= 0.3 is 0 Å². The second-order valence-corrected chi connectivity index (χ2v) is 7.15. The van der Waals surface area contributed by atoms with E-state index in [9.17, 15) is 13.6 Å². The lowest BCUT2D eigenvalue weighted by atomic mass is 10.2. The summed E-state index contributed by atoms with van der Waals surface area (Å²) >= 11 is 0. The highest BCUT2D eigenvalue weighted by atomic mass is 19.1. The van der Waals surface area contributed by atoms with E-state index in [-0.39, 0.29) is 11.5 Å². The zero-order chi connectivity index (χ0) is 20.9. The number of piperazine rings is 1. The molecule has 0 bridgehead atoms. The van der Waals surface area contributed by atoms with Gasteiger partial charge in [-0.15, -0.1) is 0 Å². The van der Waals surface area contributed by atoms with Gasteiger partial charge in [-0.05, 0) is 24.3 Å². The molecule has 1 aromatic heterocycles. The Bertz CT molecular complexity index is 925. The fourth-order valence-electron chi connectivity index (χ4n) is 3.54. The highest BCUT2D eigenvalue weighted by Gasteiger charge is 2.22. The lowest BCUT2D eigenvalue weighted by Gasteiger charge is -2.35. The Morgan fingerprint density at radius 2 is 1.60 bits per heavy atom. The van der Waals surface area contributed by atoms with Crippen LogP contribution in [-0.2, 0) is 9.53 Å². The Balaban J connectivity index is 1.35. The van der Waals surface area contributed by atoms with E-state index >= 15 is 0 Å². The van der Waals surface area contributed by atoms with Gasteiger partial charge in [-0.1, -0.05) is 0 Å². The first-order chi connectivity index (χ1) is 14.6. The van der Waals surface area contributed by atoms with Crippen molar-refractivity contribution in [2.24, 2.45) is 0 Å². The van der Waals surface area contributed by atoms with Crippen molar-refractivity contribution in [3.05, 3.63) is 53.9 Å². The van der Waals surface area contributed by atoms with Gasteiger partial charge in [0.25, 0.3) is 0 Å². The van der Waals surface area contributed by atoms with E-state index in [1.54, 1.807) is 11.2 Å². The standard InChI is InChI=1S/C21H23F2N5O2/c22-17-2-3-18(23)16(13-17)1-4-21(29)28-7-5-26(6-8-28)19-14-20(25-15-24-19)27-9-11-30-12-10-27/h1-4,13-15H,5-12H2/b4-1+. The molecule has 2 fully saturated rings. The summed E-state index contributed by atoms with van der Waals surface area (Å²) in [5.74, 6) is 0.372. The molecular formula is C21H23F2N5O2. The Morgan fingerprint density at radius 1 is 0.933 bits per heavy atom. The lowest BCUT2D eigenvalue weighted by Crippen LogP contribution is -2.48. The summed E-state index contributed by atoms with van der Waals surface area (Å²) in [4.78, 5) is 27.2. The van der Waals surface area contributed by atoms with Crippen LogP contribution in [0.2, 0.25) is 0 Å². The summed E-state index contributed by atoms with van der Waals surface area (Å²) in [6.45, 7) is 5.28. The number of halogens is 2. The van der Waals surface area contributed by atoms with Crippen LogP contribution in [0.25, 0.3) is 6.08 Å². The zero-order valence-electron chi connectivity index (χ0n) is 16.5. The second kappa shape index (κ2) is 9.17. The van der Waals surface area contributed by atoms with E-state index < -0.39 is 11.6 Å². The Kier molecular flexibility index (Phi) is 6.18. The van der Waals surface area contributed by atoms with Crippen LogP contribution < -0.4 is 9.80 Å². The van der Waals surface area contributed by atoms with Crippen molar-refractivity contribution >= 4 is 23.6 Å². The molecular weight excluding hydrogens is 392 g/mol. The molecule has 0 N–H and O–H groups in total. The van der Waals surface area contributed by atoms with Gasteiger partial charge in [-0.2, -0.15) is 0 Å². The highest BCUT2D eigenvalue weighted by Crippen LogP contribution is 2.20. The van der Waals surface area contributed by atoms with Gasteiger partial charge < -0.3 is 19.4 Å². The first-order valence-corrected chi connectivity index (χ1v) is 9.92. The maximum Gasteiger partial charge on any atom is 0.246 e. The molecule has 0 aliphatic carbocycles. The fourth-order valence-corrected chi connectivity index (χ4v) is 3.54. The van der Waals surface area contributed by atoms with Crippen LogP contribution in [0.15, 0.2) is 36.7 Å². The van der Waals surface area contributed by atoms with E-state index in [0.29, 0.717) is 39.4 Å². The third-order valence-corrected chi connectivity index (χ3v) is 5.25. The maximum absolute atomic E-state index is 13.7. The number of anilines is 2. The quantitative estimate of drug-likeness (QED) is 0.712. The minimum Gasteiger partial charge on any atom is -0.378 e. The third-order valence-electron chi connectivity index (χ3n) is 5.25. The summed E-state index contributed by atoms with van der Waals surface area (Å²) in [6.07, 6.45) is 4.16. The molecule has 0 saturated carbocycles. The predicted octanol–water partition coefficient (Wildman–Crippen LogP) is 1.95. The van der Waals surface area contributed by atoms with E-state index in [1.165, 1.54) is 12.2 Å². The minimum atomic E-state index is -0.565. The summed E-state index contributed by atoms with van der Waals surface area (Å²) in [5.41, 5.74) is 0.0543. The lowest BCUT2D eigenvalue weighted by molar-refractivity contribution is -0.126. The summed E-state index contributed by atoms with van der Waals surface area (Å²) in [6, 6.07) is 5.13. The molecule has 3 heterocycles. The van der Waals surface area contributed by atoms with Gasteiger partial charge in [-0.3, -0.25) is 4.79 Å². The van der Waals surface area contributed by atoms with Gasteiger partial charge in [0.1, 0.15) is 29.6 Å². The Labute approximate surface area is 173 Å². The number of nitrogens with zero attached hydrogens (tertiary/aromatic N) is 5. The number of rotatable bonds is 4. The molecule has 2 aliphatic rings. The zero-order valence-corrected chi connectivity index (χ0v) is 16.5. The fraction of sp³-hybridized carbons (Fsp3) is 0.381. The van der Waals surface area contributed by atoms with Crippen LogP contribution in [0.4, 0.5) is 20.4 Å². The van der Waals surface area contributed by atoms with Crippen LogP contribution in [0.5, 0.6) is 0 Å². The number of carbonyl (C=O) groups is 1. The molecule has 30 heavy (non-hydrogen) atoms. The molecule has 0 spiro atoms. The van der Waals surface area contributed by atoms with Crippen molar-refractivity contribution in [2.45, 2.75) is 0 Å². The number of amides is 1. The first kappa shape index (κ1) is 20.2. The van der Waals surface area contributed by atoms with E-state index in [4.69, 9.17) is 4.74 Å². The molecule has 158 valence electrons. The minimum absolute atomic E-state index is 0.0543. The SMILES string of the molecule is O=C(/C=C/c1cc(F)ccc1F)N1CCN(c2cc(N3CCOCC3)ncn2)CC1. The van der Waals surface area contributed by atoms with Gasteiger partial charge in [0, 0.05) is 57.0 Å². The maximum atomic E-state index is 13.7. The Hall–Kier alpha value is -3.07. The number of morpholine rings is 1. The van der Waals surface area contributed by atoms with Gasteiger partial charge in [0.15, 0.2) is 0 Å². The molecule has 2 aromatic rings. The monoisotopic (exact) mass is 415 g/mol. The topological polar surface area (TPSA) is 61.8 Å². The number of aromatic nitrogens is 2. The van der Waals surface area contributed by atoms with Crippen molar-refractivity contribution < 1.29 is 18.3 Å². The van der Waals surface area contributed by atoms with E-state index in [0.717, 1.165) is 42.9 Å². The third kappa shape index (κ3) is 4.73. The number of hydrogen-bond donors (Lipinski definition) is 0. The van der Waals surface area contributed by atoms with Gasteiger partial charge in [-0.25, -0.2) is 18.7 Å². The largest absolute Gasteiger partial charge is 0.378 e. The normalized spacial score (nSPS) is 17.6. The molecule has 0 atom stereocenters. The number of carbonyl (C=O) groups excluding carboxylic acids is 1. The number of benzene rings is 1. The van der Waals surface area contributed by atoms with Gasteiger partial charge in [0.05, 0.1) is 13.2 Å². The van der Waals surface area contributed by atoms with Crippen molar-refractivity contribution in [1.29, 1.82) is 0 Å². The van der Waals surface area contributed by atoms with E-state index in [2.05, 4.69) is 19.8 Å². The van der Waals surface area contributed by atoms with Crippen molar-refractivity contribution in [1.82, 2.24) is 14.9 Å². The second-order valence-electron chi connectivity index (χ2n) is 7.15. The predicted molar refractivity (Wildman–Crippen MR) is 109 cm³/mol. The van der Waals surface area contributed by atoms with Crippen molar-refractivity contribution in [2.75, 3.05) is 62.3 Å². The summed E-state index contributed by atoms with van der Waals surface area (Å²) < 4.78 is 32.3. The molecule has 7 nitrogen and oxygen atoms in total. The number of hydrogen-bond acceptors (Lipinski definition) is 6. The summed E-state index contributed by atoms with van der Waals surface area (Å²) in [5, 5.41) is 0. The van der Waals surface area contributed by atoms with Crippen LogP contribution in [-0.4, -0.2) is 73.3 Å². The average Bonchev–Trinajstić information content (AvgIpc) is 2.80. The Morgan fingerprint density at radius 3 is 2.30 bits per heavy atom.